The van der Waals surface area contributed by atoms with Gasteiger partial charge in [-0.1, -0.05) is 74.1 Å². The fraction of sp³-hybridized carbons (Fsp3) is 0.529. The lowest BCUT2D eigenvalue weighted by molar-refractivity contribution is 0.116. The molecule has 0 fully saturated rings. The highest BCUT2D eigenvalue weighted by Gasteiger charge is 2.50. The molecular formula is C17H26OSi. The molecule has 2 heteroatoms. The molecule has 0 radical (unpaired) electrons. The molecule has 104 valence electrons. The quantitative estimate of drug-likeness (QED) is 0.653. The lowest BCUT2D eigenvalue weighted by atomic mass is 9.88. The van der Waals surface area contributed by atoms with Crippen molar-refractivity contribution in [1.82, 2.24) is 0 Å². The molecule has 1 aromatic carbocycles. The van der Waals surface area contributed by atoms with Crippen molar-refractivity contribution in [3.05, 3.63) is 42.5 Å². The zero-order chi connectivity index (χ0) is 13.9. The molecule has 1 N–H and O–H groups in total. The predicted octanol–water partition coefficient (Wildman–Crippen LogP) is 3.85. The van der Waals surface area contributed by atoms with Crippen LogP contribution in [0.2, 0.25) is 18.1 Å². The highest BCUT2D eigenvalue weighted by atomic mass is 28.3. The molecule has 0 aliphatic heterocycles. The van der Waals surface area contributed by atoms with E-state index in [2.05, 4.69) is 62.5 Å². The van der Waals surface area contributed by atoms with Gasteiger partial charge in [-0.15, -0.1) is 0 Å². The van der Waals surface area contributed by atoms with Gasteiger partial charge in [-0.25, -0.2) is 0 Å². The topological polar surface area (TPSA) is 20.2 Å². The molecule has 2 atom stereocenters. The SMILES string of the molecule is CCC[C@@]1([Si](C)(C)c2ccccc2)C=CCC[C@H]1O. The molecule has 0 unspecified atom stereocenters. The largest absolute Gasteiger partial charge is 0.393 e. The van der Waals surface area contributed by atoms with Crippen LogP contribution in [0.5, 0.6) is 0 Å². The van der Waals surface area contributed by atoms with Gasteiger partial charge < -0.3 is 5.11 Å². The highest BCUT2D eigenvalue weighted by molar-refractivity contribution is 6.92. The first kappa shape index (κ1) is 14.5. The minimum atomic E-state index is -1.75. The molecule has 0 bridgehead atoms. The summed E-state index contributed by atoms with van der Waals surface area (Å²) in [5.74, 6) is 0. The van der Waals surface area contributed by atoms with E-state index in [0.29, 0.717) is 0 Å². The molecule has 0 saturated carbocycles. The Labute approximate surface area is 118 Å². The van der Waals surface area contributed by atoms with Crippen molar-refractivity contribution < 1.29 is 5.11 Å². The first-order valence-electron chi connectivity index (χ1n) is 7.46. The monoisotopic (exact) mass is 274 g/mol. The Kier molecular flexibility index (Phi) is 4.31. The van der Waals surface area contributed by atoms with Crippen LogP contribution < -0.4 is 5.19 Å². The van der Waals surface area contributed by atoms with Gasteiger partial charge in [0.05, 0.1) is 14.2 Å². The molecule has 0 aromatic heterocycles. The molecular weight excluding hydrogens is 248 g/mol. The molecule has 1 aliphatic rings. The third kappa shape index (κ3) is 2.44. The van der Waals surface area contributed by atoms with Gasteiger partial charge in [-0.3, -0.25) is 0 Å². The molecule has 0 amide bonds. The molecule has 0 spiro atoms. The Hall–Kier alpha value is -0.863. The van der Waals surface area contributed by atoms with E-state index in [1.165, 1.54) is 5.19 Å². The number of benzene rings is 1. The van der Waals surface area contributed by atoms with Gasteiger partial charge in [0.15, 0.2) is 0 Å². The lowest BCUT2D eigenvalue weighted by Gasteiger charge is -2.49. The first-order valence-corrected chi connectivity index (χ1v) is 10.5. The van der Waals surface area contributed by atoms with Gasteiger partial charge in [0.1, 0.15) is 0 Å². The second-order valence-electron chi connectivity index (χ2n) is 6.28. The third-order valence-corrected chi connectivity index (χ3v) is 9.79. The maximum Gasteiger partial charge on any atom is 0.0935 e. The number of hydrogen-bond donors (Lipinski definition) is 1. The number of hydrogen-bond acceptors (Lipinski definition) is 1. The second kappa shape index (κ2) is 5.64. The van der Waals surface area contributed by atoms with Gasteiger partial charge in [0.25, 0.3) is 0 Å². The standard InChI is InChI=1S/C17H26OSi/c1-4-13-17(14-9-8-12-16(17)18)19(2,3)15-10-6-5-7-11-15/h5-7,9-11,14,16,18H,4,8,12-13H2,1-3H3/t16-,17-/m1/s1. The molecule has 0 saturated heterocycles. The van der Waals surface area contributed by atoms with Crippen LogP contribution in [0.25, 0.3) is 0 Å². The summed E-state index contributed by atoms with van der Waals surface area (Å²) < 4.78 is 0. The highest BCUT2D eigenvalue weighted by Crippen LogP contribution is 2.50. The van der Waals surface area contributed by atoms with E-state index >= 15 is 0 Å². The van der Waals surface area contributed by atoms with Crippen LogP contribution >= 0.6 is 0 Å². The Morgan fingerprint density at radius 2 is 1.95 bits per heavy atom. The predicted molar refractivity (Wildman–Crippen MR) is 85.5 cm³/mol. The summed E-state index contributed by atoms with van der Waals surface area (Å²) in [4.78, 5) is 0. The van der Waals surface area contributed by atoms with Crippen molar-refractivity contribution in [2.24, 2.45) is 0 Å². The molecule has 0 heterocycles. The zero-order valence-electron chi connectivity index (χ0n) is 12.4. The van der Waals surface area contributed by atoms with Gasteiger partial charge in [0, 0.05) is 5.04 Å². The minimum Gasteiger partial charge on any atom is -0.393 e. The van der Waals surface area contributed by atoms with Crippen LogP contribution in [0.15, 0.2) is 42.5 Å². The van der Waals surface area contributed by atoms with Crippen molar-refractivity contribution in [3.8, 4) is 0 Å². The Balaban J connectivity index is 2.49. The Morgan fingerprint density at radius 1 is 1.26 bits per heavy atom. The van der Waals surface area contributed by atoms with Gasteiger partial charge in [-0.05, 0) is 19.3 Å². The number of allylic oxidation sites excluding steroid dienone is 1. The van der Waals surface area contributed by atoms with Crippen molar-refractivity contribution in [1.29, 1.82) is 0 Å². The van der Waals surface area contributed by atoms with Crippen LogP contribution in [0.3, 0.4) is 0 Å². The molecule has 1 nitrogen and oxygen atoms in total. The summed E-state index contributed by atoms with van der Waals surface area (Å²) in [5.41, 5.74) is 0. The van der Waals surface area contributed by atoms with Crippen LogP contribution in [-0.4, -0.2) is 19.3 Å². The average Bonchev–Trinajstić information content (AvgIpc) is 2.42. The normalized spacial score (nSPS) is 27.5. The average molecular weight is 274 g/mol. The van der Waals surface area contributed by atoms with Crippen molar-refractivity contribution in [3.63, 3.8) is 0 Å². The van der Waals surface area contributed by atoms with Crippen LogP contribution in [0.4, 0.5) is 0 Å². The number of rotatable bonds is 4. The van der Waals surface area contributed by atoms with Crippen molar-refractivity contribution >= 4 is 13.3 Å². The van der Waals surface area contributed by atoms with Crippen LogP contribution in [0, 0.1) is 0 Å². The fourth-order valence-corrected chi connectivity index (χ4v) is 7.59. The molecule has 1 aliphatic carbocycles. The summed E-state index contributed by atoms with van der Waals surface area (Å²) in [6.07, 6.45) is 8.62. The summed E-state index contributed by atoms with van der Waals surface area (Å²) >= 11 is 0. The first-order chi connectivity index (χ1) is 9.04. The lowest BCUT2D eigenvalue weighted by Crippen LogP contribution is -2.57. The van der Waals surface area contributed by atoms with Gasteiger partial charge in [-0.2, -0.15) is 0 Å². The van der Waals surface area contributed by atoms with E-state index in [4.69, 9.17) is 0 Å². The van der Waals surface area contributed by atoms with E-state index < -0.39 is 8.07 Å². The summed E-state index contributed by atoms with van der Waals surface area (Å²) in [7, 11) is -1.75. The van der Waals surface area contributed by atoms with Crippen molar-refractivity contribution in [2.45, 2.75) is 56.8 Å². The van der Waals surface area contributed by atoms with Crippen molar-refractivity contribution in [2.75, 3.05) is 0 Å². The minimum absolute atomic E-state index is 0.00134. The van der Waals surface area contributed by atoms with Crippen LogP contribution in [0.1, 0.15) is 32.6 Å². The van der Waals surface area contributed by atoms with E-state index in [9.17, 15) is 5.11 Å². The maximum atomic E-state index is 10.7. The summed E-state index contributed by atoms with van der Waals surface area (Å²) in [5, 5.41) is 12.2. The molecule has 2 rings (SSSR count). The Bertz CT molecular complexity index is 438. The fourth-order valence-electron chi connectivity index (χ4n) is 3.64. The van der Waals surface area contributed by atoms with Crippen LogP contribution in [-0.2, 0) is 0 Å². The van der Waals surface area contributed by atoms with Gasteiger partial charge in [0.2, 0.25) is 0 Å². The second-order valence-corrected chi connectivity index (χ2v) is 11.0. The van der Waals surface area contributed by atoms with Gasteiger partial charge >= 0.3 is 0 Å². The van der Waals surface area contributed by atoms with E-state index in [1.807, 2.05) is 0 Å². The molecule has 1 aromatic rings. The molecule has 19 heavy (non-hydrogen) atoms. The number of aliphatic hydroxyl groups is 1. The maximum absolute atomic E-state index is 10.7. The van der Waals surface area contributed by atoms with E-state index in [-0.39, 0.29) is 11.1 Å². The summed E-state index contributed by atoms with van der Waals surface area (Å²) in [6, 6.07) is 10.8. The van der Waals surface area contributed by atoms with E-state index in [0.717, 1.165) is 25.7 Å². The zero-order valence-corrected chi connectivity index (χ0v) is 13.4. The Morgan fingerprint density at radius 3 is 2.53 bits per heavy atom. The summed E-state index contributed by atoms with van der Waals surface area (Å²) in [6.45, 7) is 7.06. The third-order valence-electron chi connectivity index (χ3n) is 4.94. The smallest absolute Gasteiger partial charge is 0.0935 e. The number of aliphatic hydroxyl groups excluding tert-OH is 1. The van der Waals surface area contributed by atoms with E-state index in [1.54, 1.807) is 0 Å².